The maximum absolute atomic E-state index is 12.5. The van der Waals surface area contributed by atoms with Gasteiger partial charge in [-0.05, 0) is 12.1 Å². The van der Waals surface area contributed by atoms with Crippen LogP contribution in [0.15, 0.2) is 18.2 Å². The van der Waals surface area contributed by atoms with Crippen molar-refractivity contribution in [1.82, 2.24) is 0 Å². The minimum atomic E-state index is -4.44. The van der Waals surface area contributed by atoms with E-state index in [-0.39, 0.29) is 17.3 Å². The largest absolute Gasteiger partial charge is 0.418 e. The second-order valence-corrected chi connectivity index (χ2v) is 3.13. The minimum absolute atomic E-state index is 0.0000694. The lowest BCUT2D eigenvalue weighted by Crippen LogP contribution is -2.11. The van der Waals surface area contributed by atoms with E-state index in [2.05, 4.69) is 11.2 Å². The fourth-order valence-corrected chi connectivity index (χ4v) is 1.32. The monoisotopic (exact) mass is 233 g/mol. The molecule has 1 N–H and O–H groups in total. The van der Waals surface area contributed by atoms with E-state index in [4.69, 9.17) is 18.0 Å². The number of terminal acetylenes is 1. The molecule has 0 saturated heterocycles. The highest BCUT2D eigenvalue weighted by atomic mass is 35.5. The van der Waals surface area contributed by atoms with Gasteiger partial charge in [0.2, 0.25) is 0 Å². The molecule has 0 aliphatic heterocycles. The summed E-state index contributed by atoms with van der Waals surface area (Å²) in [6, 6.07) is 3.56. The van der Waals surface area contributed by atoms with Crippen LogP contribution in [0.5, 0.6) is 0 Å². The van der Waals surface area contributed by atoms with Crippen molar-refractivity contribution in [3.8, 4) is 12.3 Å². The number of nitrogens with one attached hydrogen (secondary N) is 1. The fourth-order valence-electron chi connectivity index (χ4n) is 1.08. The minimum Gasteiger partial charge on any atom is -0.372 e. The predicted octanol–water partition coefficient (Wildman–Crippen LogP) is 3.40. The molecule has 0 spiro atoms. The highest BCUT2D eigenvalue weighted by Gasteiger charge is 2.34. The van der Waals surface area contributed by atoms with Gasteiger partial charge in [0.05, 0.1) is 22.8 Å². The van der Waals surface area contributed by atoms with Gasteiger partial charge in [0.25, 0.3) is 0 Å². The van der Waals surface area contributed by atoms with Gasteiger partial charge >= 0.3 is 6.18 Å². The van der Waals surface area contributed by atoms with E-state index in [1.165, 1.54) is 12.1 Å². The lowest BCUT2D eigenvalue weighted by Gasteiger charge is -2.14. The quantitative estimate of drug-likeness (QED) is 0.772. The molecule has 0 radical (unpaired) electrons. The maximum Gasteiger partial charge on any atom is 0.418 e. The topological polar surface area (TPSA) is 12.0 Å². The first kappa shape index (κ1) is 11.7. The first-order valence-corrected chi connectivity index (χ1v) is 4.37. The van der Waals surface area contributed by atoms with E-state index in [1.54, 1.807) is 0 Å². The van der Waals surface area contributed by atoms with E-state index in [0.717, 1.165) is 6.07 Å². The van der Waals surface area contributed by atoms with Crippen LogP contribution in [0.25, 0.3) is 0 Å². The Bertz CT molecular complexity index is 393. The van der Waals surface area contributed by atoms with Crippen molar-refractivity contribution in [3.63, 3.8) is 0 Å². The highest BCUT2D eigenvalue weighted by molar-refractivity contribution is 6.33. The van der Waals surface area contributed by atoms with Gasteiger partial charge in [0.15, 0.2) is 0 Å². The van der Waals surface area contributed by atoms with Crippen LogP contribution in [0, 0.1) is 12.3 Å². The molecule has 0 fully saturated rings. The molecule has 0 aliphatic rings. The van der Waals surface area contributed by atoms with Crippen molar-refractivity contribution in [3.05, 3.63) is 28.8 Å². The summed E-state index contributed by atoms with van der Waals surface area (Å²) in [5.74, 6) is 2.18. The lowest BCUT2D eigenvalue weighted by molar-refractivity contribution is -0.136. The van der Waals surface area contributed by atoms with Gasteiger partial charge in [0, 0.05) is 0 Å². The molecule has 0 bridgehead atoms. The number of hydrogen-bond donors (Lipinski definition) is 1. The Kier molecular flexibility index (Phi) is 3.48. The molecular weight excluding hydrogens is 227 g/mol. The number of anilines is 1. The van der Waals surface area contributed by atoms with Crippen LogP contribution in [0.2, 0.25) is 5.02 Å². The fraction of sp³-hybridized carbons (Fsp3) is 0.200. The summed E-state index contributed by atoms with van der Waals surface area (Å²) in [7, 11) is 0. The number of rotatable bonds is 2. The van der Waals surface area contributed by atoms with E-state index in [0.29, 0.717) is 0 Å². The van der Waals surface area contributed by atoms with Gasteiger partial charge in [-0.1, -0.05) is 23.6 Å². The van der Waals surface area contributed by atoms with Crippen LogP contribution in [0.1, 0.15) is 5.56 Å². The Labute approximate surface area is 90.2 Å². The summed E-state index contributed by atoms with van der Waals surface area (Å²) in [5, 5.41) is 2.45. The smallest absolute Gasteiger partial charge is 0.372 e. The second-order valence-electron chi connectivity index (χ2n) is 2.72. The number of halogens is 4. The van der Waals surface area contributed by atoms with Gasteiger partial charge in [-0.3, -0.25) is 0 Å². The Morgan fingerprint density at radius 2 is 2.07 bits per heavy atom. The number of hydrogen-bond acceptors (Lipinski definition) is 1. The van der Waals surface area contributed by atoms with Crippen molar-refractivity contribution < 1.29 is 13.2 Å². The first-order chi connectivity index (χ1) is 6.96. The molecule has 1 rings (SSSR count). The van der Waals surface area contributed by atoms with Gasteiger partial charge in [-0.25, -0.2) is 0 Å². The first-order valence-electron chi connectivity index (χ1n) is 4.00. The molecule has 0 unspecified atom stereocenters. The van der Waals surface area contributed by atoms with E-state index in [1.807, 2.05) is 0 Å². The zero-order chi connectivity index (χ0) is 11.5. The third-order valence-corrected chi connectivity index (χ3v) is 2.00. The molecule has 0 aromatic heterocycles. The number of para-hydroxylation sites is 1. The Morgan fingerprint density at radius 1 is 1.40 bits per heavy atom. The molecule has 0 heterocycles. The van der Waals surface area contributed by atoms with Crippen LogP contribution >= 0.6 is 11.6 Å². The zero-order valence-corrected chi connectivity index (χ0v) is 8.28. The number of alkyl halides is 3. The number of benzene rings is 1. The van der Waals surface area contributed by atoms with Crippen molar-refractivity contribution in [2.24, 2.45) is 0 Å². The zero-order valence-electron chi connectivity index (χ0n) is 7.53. The molecule has 15 heavy (non-hydrogen) atoms. The van der Waals surface area contributed by atoms with Crippen molar-refractivity contribution in [2.75, 3.05) is 11.9 Å². The highest BCUT2D eigenvalue weighted by Crippen LogP contribution is 2.38. The van der Waals surface area contributed by atoms with Crippen LogP contribution in [0.4, 0.5) is 18.9 Å². The standard InChI is InChI=1S/C10H7ClF3N/c1-2-6-15-9-7(10(12,13)14)4-3-5-8(9)11/h1,3-5,15H,6H2. The van der Waals surface area contributed by atoms with Crippen LogP contribution in [0.3, 0.4) is 0 Å². The van der Waals surface area contributed by atoms with E-state index in [9.17, 15) is 13.2 Å². The molecule has 0 aliphatic carbocycles. The maximum atomic E-state index is 12.5. The molecule has 1 aromatic rings. The summed E-state index contributed by atoms with van der Waals surface area (Å²) in [6.45, 7) is -0.00713. The van der Waals surface area contributed by atoms with Gasteiger partial charge in [-0.2, -0.15) is 13.2 Å². The summed E-state index contributed by atoms with van der Waals surface area (Å²) in [5.41, 5.74) is -0.991. The van der Waals surface area contributed by atoms with Crippen LogP contribution in [-0.2, 0) is 6.18 Å². The molecule has 80 valence electrons. The third-order valence-electron chi connectivity index (χ3n) is 1.69. The average Bonchev–Trinajstić information content (AvgIpc) is 2.14. The van der Waals surface area contributed by atoms with Crippen molar-refractivity contribution >= 4 is 17.3 Å². The van der Waals surface area contributed by atoms with Crippen molar-refractivity contribution in [1.29, 1.82) is 0 Å². The molecule has 0 saturated carbocycles. The molecular formula is C10H7ClF3N. The normalized spacial score (nSPS) is 10.9. The van der Waals surface area contributed by atoms with E-state index >= 15 is 0 Å². The SMILES string of the molecule is C#CCNc1c(Cl)cccc1C(F)(F)F. The molecule has 0 atom stereocenters. The predicted molar refractivity (Wildman–Crippen MR) is 53.8 cm³/mol. The lowest BCUT2D eigenvalue weighted by atomic mass is 10.1. The Morgan fingerprint density at radius 3 is 2.60 bits per heavy atom. The summed E-state index contributed by atoms with van der Waals surface area (Å²) < 4.78 is 37.5. The summed E-state index contributed by atoms with van der Waals surface area (Å²) in [4.78, 5) is 0. The van der Waals surface area contributed by atoms with Crippen molar-refractivity contribution in [2.45, 2.75) is 6.18 Å². The summed E-state index contributed by atoms with van der Waals surface area (Å²) in [6.07, 6.45) is 0.506. The molecule has 0 amide bonds. The van der Waals surface area contributed by atoms with E-state index < -0.39 is 11.7 Å². The van der Waals surface area contributed by atoms with Crippen LogP contribution in [-0.4, -0.2) is 6.54 Å². The molecule has 1 aromatic carbocycles. The molecule has 1 nitrogen and oxygen atoms in total. The van der Waals surface area contributed by atoms with Gasteiger partial charge in [-0.15, -0.1) is 6.42 Å². The van der Waals surface area contributed by atoms with Gasteiger partial charge < -0.3 is 5.32 Å². The Hall–Kier alpha value is -1.34. The van der Waals surface area contributed by atoms with Crippen LogP contribution < -0.4 is 5.32 Å². The summed E-state index contributed by atoms with van der Waals surface area (Å²) >= 11 is 5.64. The Balaban J connectivity index is 3.16. The third kappa shape index (κ3) is 2.80. The average molecular weight is 234 g/mol. The second kappa shape index (κ2) is 4.45. The molecule has 5 heteroatoms. The van der Waals surface area contributed by atoms with Gasteiger partial charge in [0.1, 0.15) is 0 Å².